The quantitative estimate of drug-likeness (QED) is 0.304. The van der Waals surface area contributed by atoms with Crippen LogP contribution in [0.25, 0.3) is 0 Å². The van der Waals surface area contributed by atoms with Crippen molar-refractivity contribution in [1.82, 2.24) is 25.3 Å². The van der Waals surface area contributed by atoms with E-state index in [1.165, 1.54) is 11.3 Å². The summed E-state index contributed by atoms with van der Waals surface area (Å²) >= 11 is 0. The molecule has 2 heterocycles. The van der Waals surface area contributed by atoms with Gasteiger partial charge >= 0.3 is 0 Å². The Bertz CT molecular complexity index is 752. The number of aryl methyl sites for hydroxylation is 2. The van der Waals surface area contributed by atoms with E-state index in [2.05, 4.69) is 60.2 Å². The van der Waals surface area contributed by atoms with Gasteiger partial charge in [-0.2, -0.15) is 5.10 Å². The van der Waals surface area contributed by atoms with Crippen LogP contribution in [0.2, 0.25) is 0 Å². The van der Waals surface area contributed by atoms with Crippen LogP contribution in [-0.2, 0) is 13.5 Å². The van der Waals surface area contributed by atoms with Crippen molar-refractivity contribution in [3.05, 3.63) is 41.1 Å². The highest BCUT2D eigenvalue weighted by Gasteiger charge is 2.21. The van der Waals surface area contributed by atoms with Crippen LogP contribution in [0.3, 0.4) is 0 Å². The Hall–Kier alpha value is -1.55. The summed E-state index contributed by atoms with van der Waals surface area (Å²) in [6, 6.07) is 4.39. The lowest BCUT2D eigenvalue weighted by molar-refractivity contribution is 0.193. The van der Waals surface area contributed by atoms with Gasteiger partial charge in [0.2, 0.25) is 0 Å². The third-order valence-corrected chi connectivity index (χ3v) is 5.36. The highest BCUT2D eigenvalue weighted by atomic mass is 127. The second kappa shape index (κ2) is 12.2. The van der Waals surface area contributed by atoms with E-state index in [-0.39, 0.29) is 36.1 Å². The second-order valence-electron chi connectivity index (χ2n) is 7.23. The summed E-state index contributed by atoms with van der Waals surface area (Å²) in [4.78, 5) is 6.79. The number of aromatic nitrogens is 2. The van der Waals surface area contributed by atoms with Crippen molar-refractivity contribution >= 4 is 29.9 Å². The SMILES string of the molecule is CCN(CC)C(CNC(=NC)NC(C)Cc1c(C)nn(C)c1C)c1ccco1.I. The maximum atomic E-state index is 5.68. The van der Waals surface area contributed by atoms with Crippen LogP contribution in [0, 0.1) is 13.8 Å². The minimum atomic E-state index is 0. The Morgan fingerprint density at radius 2 is 2.00 bits per heavy atom. The first-order valence-electron chi connectivity index (χ1n) is 10.1. The highest BCUT2D eigenvalue weighted by molar-refractivity contribution is 14.0. The smallest absolute Gasteiger partial charge is 0.191 e. The molecule has 8 heteroatoms. The topological polar surface area (TPSA) is 70.6 Å². The maximum absolute atomic E-state index is 5.68. The second-order valence-corrected chi connectivity index (χ2v) is 7.23. The first kappa shape index (κ1) is 25.5. The van der Waals surface area contributed by atoms with Gasteiger partial charge in [0.1, 0.15) is 5.76 Å². The lowest BCUT2D eigenvalue weighted by Crippen LogP contribution is -2.46. The number of nitrogens with zero attached hydrogens (tertiary/aromatic N) is 4. The summed E-state index contributed by atoms with van der Waals surface area (Å²) < 4.78 is 7.63. The molecule has 0 amide bonds. The van der Waals surface area contributed by atoms with Crippen molar-refractivity contribution in [2.45, 2.75) is 53.1 Å². The van der Waals surface area contributed by atoms with Gasteiger partial charge in [-0.3, -0.25) is 14.6 Å². The van der Waals surface area contributed by atoms with Gasteiger partial charge in [0.15, 0.2) is 5.96 Å². The first-order chi connectivity index (χ1) is 13.4. The van der Waals surface area contributed by atoms with Crippen LogP contribution in [0.1, 0.15) is 49.5 Å². The number of halogens is 1. The zero-order chi connectivity index (χ0) is 20.7. The third-order valence-electron chi connectivity index (χ3n) is 5.36. The maximum Gasteiger partial charge on any atom is 0.191 e. The van der Waals surface area contributed by atoms with E-state index in [1.54, 1.807) is 6.26 Å². The number of hydrogen-bond donors (Lipinski definition) is 2. The van der Waals surface area contributed by atoms with E-state index in [9.17, 15) is 0 Å². The third kappa shape index (κ3) is 6.74. The Kier molecular flexibility index (Phi) is 10.7. The molecule has 0 fully saturated rings. The standard InChI is InChI=1S/C21H36N6O.HI/c1-8-27(9-2)19(20-11-10-12-28-20)14-23-21(22-6)24-15(3)13-18-16(4)25-26(7)17(18)5;/h10-12,15,19H,8-9,13-14H2,1-7H3,(H2,22,23,24);1H. The predicted octanol–water partition coefficient (Wildman–Crippen LogP) is 3.43. The molecule has 0 aliphatic heterocycles. The first-order valence-corrected chi connectivity index (χ1v) is 10.1. The van der Waals surface area contributed by atoms with Gasteiger partial charge in [-0.05, 0) is 58.0 Å². The fourth-order valence-corrected chi connectivity index (χ4v) is 3.65. The monoisotopic (exact) mass is 516 g/mol. The van der Waals surface area contributed by atoms with Gasteiger partial charge in [-0.1, -0.05) is 13.8 Å². The zero-order valence-electron chi connectivity index (χ0n) is 18.8. The van der Waals surface area contributed by atoms with E-state index >= 15 is 0 Å². The molecule has 2 unspecified atom stereocenters. The molecule has 0 bridgehead atoms. The molecule has 0 aromatic carbocycles. The van der Waals surface area contributed by atoms with Crippen LogP contribution < -0.4 is 10.6 Å². The Labute approximate surface area is 192 Å². The fraction of sp³-hybridized carbons (Fsp3) is 0.619. The molecule has 164 valence electrons. The van der Waals surface area contributed by atoms with E-state index in [1.807, 2.05) is 30.9 Å². The van der Waals surface area contributed by atoms with Crippen LogP contribution >= 0.6 is 24.0 Å². The summed E-state index contributed by atoms with van der Waals surface area (Å²) in [5, 5.41) is 11.5. The Balaban J connectivity index is 0.00000420. The minimum Gasteiger partial charge on any atom is -0.468 e. The number of furan rings is 1. The number of nitrogens with one attached hydrogen (secondary N) is 2. The average molecular weight is 516 g/mol. The molecule has 0 radical (unpaired) electrons. The van der Waals surface area contributed by atoms with Crippen molar-refractivity contribution < 1.29 is 4.42 Å². The van der Waals surface area contributed by atoms with Gasteiger partial charge in [0, 0.05) is 32.4 Å². The Morgan fingerprint density at radius 3 is 2.48 bits per heavy atom. The van der Waals surface area contributed by atoms with Crippen LogP contribution in [0.5, 0.6) is 0 Å². The molecule has 2 N–H and O–H groups in total. The molecule has 2 aromatic rings. The predicted molar refractivity (Wildman–Crippen MR) is 130 cm³/mol. The van der Waals surface area contributed by atoms with E-state index in [0.29, 0.717) is 0 Å². The Morgan fingerprint density at radius 1 is 1.31 bits per heavy atom. The van der Waals surface area contributed by atoms with Gasteiger partial charge in [-0.15, -0.1) is 24.0 Å². The number of guanidine groups is 1. The molecule has 7 nitrogen and oxygen atoms in total. The van der Waals surface area contributed by atoms with E-state index in [4.69, 9.17) is 4.42 Å². The summed E-state index contributed by atoms with van der Waals surface area (Å²) in [6.45, 7) is 13.4. The van der Waals surface area contributed by atoms with Crippen LogP contribution in [0.15, 0.2) is 27.8 Å². The summed E-state index contributed by atoms with van der Waals surface area (Å²) in [5.74, 6) is 1.77. The molecule has 0 spiro atoms. The normalized spacial score (nSPS) is 13.9. The molecular weight excluding hydrogens is 479 g/mol. The van der Waals surface area contributed by atoms with Crippen LogP contribution in [-0.4, -0.2) is 53.4 Å². The molecule has 2 aromatic heterocycles. The molecule has 2 rings (SSSR count). The van der Waals surface area contributed by atoms with Gasteiger partial charge in [0.05, 0.1) is 18.0 Å². The van der Waals surface area contributed by atoms with E-state index < -0.39 is 0 Å². The van der Waals surface area contributed by atoms with Crippen LogP contribution in [0.4, 0.5) is 0 Å². The summed E-state index contributed by atoms with van der Waals surface area (Å²) in [6.07, 6.45) is 2.64. The lowest BCUT2D eigenvalue weighted by Gasteiger charge is -2.29. The molecular formula is C21H37IN6O. The average Bonchev–Trinajstić information content (AvgIpc) is 3.28. The molecule has 29 heavy (non-hydrogen) atoms. The largest absolute Gasteiger partial charge is 0.468 e. The van der Waals surface area contributed by atoms with E-state index in [0.717, 1.165) is 43.5 Å². The summed E-state index contributed by atoms with van der Waals surface area (Å²) in [7, 11) is 3.80. The number of likely N-dealkylation sites (N-methyl/N-ethyl adjacent to an activating group) is 1. The number of rotatable bonds is 9. The molecule has 2 atom stereocenters. The molecule has 0 aliphatic rings. The molecule has 0 saturated heterocycles. The summed E-state index contributed by atoms with van der Waals surface area (Å²) in [5.41, 5.74) is 3.61. The van der Waals surface area contributed by atoms with Crippen molar-refractivity contribution in [3.63, 3.8) is 0 Å². The van der Waals surface area contributed by atoms with Crippen molar-refractivity contribution in [2.24, 2.45) is 12.0 Å². The van der Waals surface area contributed by atoms with Gasteiger partial charge in [-0.25, -0.2) is 0 Å². The van der Waals surface area contributed by atoms with Crippen molar-refractivity contribution in [2.75, 3.05) is 26.7 Å². The van der Waals surface area contributed by atoms with Gasteiger partial charge < -0.3 is 15.1 Å². The zero-order valence-corrected chi connectivity index (χ0v) is 21.2. The minimum absolute atomic E-state index is 0. The van der Waals surface area contributed by atoms with Crippen molar-refractivity contribution in [1.29, 1.82) is 0 Å². The highest BCUT2D eigenvalue weighted by Crippen LogP contribution is 2.20. The van der Waals surface area contributed by atoms with Gasteiger partial charge in [0.25, 0.3) is 0 Å². The molecule has 0 saturated carbocycles. The van der Waals surface area contributed by atoms with Crippen molar-refractivity contribution in [3.8, 4) is 0 Å². The number of hydrogen-bond acceptors (Lipinski definition) is 4. The lowest BCUT2D eigenvalue weighted by atomic mass is 10.1. The fourth-order valence-electron chi connectivity index (χ4n) is 3.65. The molecule has 0 aliphatic carbocycles. The number of aliphatic imine (C=N–C) groups is 1.